The first kappa shape index (κ1) is 14.3. The van der Waals surface area contributed by atoms with E-state index in [1.807, 2.05) is 13.1 Å². The zero-order valence-electron chi connectivity index (χ0n) is 11.5. The molecule has 108 valence electrons. The molecule has 2 aromatic rings. The predicted octanol–water partition coefficient (Wildman–Crippen LogP) is 1.16. The Kier molecular flexibility index (Phi) is 4.57. The molecule has 1 amide bonds. The van der Waals surface area contributed by atoms with E-state index < -0.39 is 0 Å². The summed E-state index contributed by atoms with van der Waals surface area (Å²) in [5.41, 5.74) is 8.44. The Hall–Kier alpha value is -2.09. The molecule has 20 heavy (non-hydrogen) atoms. The number of anilines is 2. The molecule has 0 aliphatic heterocycles. The van der Waals surface area contributed by atoms with Crippen LogP contribution in [0.25, 0.3) is 0 Å². The molecule has 0 unspecified atom stereocenters. The Labute approximate surface area is 121 Å². The highest BCUT2D eigenvalue weighted by molar-refractivity contribution is 7.11. The van der Waals surface area contributed by atoms with Gasteiger partial charge < -0.3 is 16.4 Å². The summed E-state index contributed by atoms with van der Waals surface area (Å²) in [6.07, 6.45) is 3.71. The number of hydrogen-bond acceptors (Lipinski definition) is 6. The summed E-state index contributed by atoms with van der Waals surface area (Å²) in [5.74, 6) is 0.0481. The van der Waals surface area contributed by atoms with Crippen LogP contribution in [0.4, 0.5) is 10.8 Å². The second-order valence-electron chi connectivity index (χ2n) is 4.40. The van der Waals surface area contributed by atoms with Crippen LogP contribution in [0.5, 0.6) is 0 Å². The van der Waals surface area contributed by atoms with E-state index >= 15 is 0 Å². The predicted molar refractivity (Wildman–Crippen MR) is 80.1 cm³/mol. The molecule has 0 radical (unpaired) electrons. The average Bonchev–Trinajstić information content (AvgIpc) is 3.00. The fourth-order valence-corrected chi connectivity index (χ4v) is 2.61. The van der Waals surface area contributed by atoms with Gasteiger partial charge in [-0.25, -0.2) is 0 Å². The fraction of sp³-hybridized carbons (Fsp3) is 0.417. The molecular weight excluding hydrogens is 276 g/mol. The Morgan fingerprint density at radius 2 is 2.35 bits per heavy atom. The number of aromatic amines is 1. The van der Waals surface area contributed by atoms with Crippen LogP contribution in [0.2, 0.25) is 0 Å². The van der Waals surface area contributed by atoms with E-state index in [-0.39, 0.29) is 11.7 Å². The van der Waals surface area contributed by atoms with Gasteiger partial charge in [-0.05, 0) is 36.9 Å². The van der Waals surface area contributed by atoms with Crippen LogP contribution >= 0.6 is 11.5 Å². The minimum Gasteiger partial charge on any atom is -0.382 e. The molecule has 0 aliphatic rings. The van der Waals surface area contributed by atoms with E-state index in [1.165, 1.54) is 17.1 Å². The van der Waals surface area contributed by atoms with Crippen molar-refractivity contribution in [3.8, 4) is 0 Å². The number of hydrogen-bond donors (Lipinski definition) is 4. The third-order valence-corrected chi connectivity index (χ3v) is 3.83. The van der Waals surface area contributed by atoms with Crippen molar-refractivity contribution in [3.05, 3.63) is 23.0 Å². The zero-order valence-corrected chi connectivity index (χ0v) is 12.3. The summed E-state index contributed by atoms with van der Waals surface area (Å²) in [6, 6.07) is 0. The molecule has 0 saturated carbocycles. The summed E-state index contributed by atoms with van der Waals surface area (Å²) in [4.78, 5) is 11.7. The van der Waals surface area contributed by atoms with Crippen LogP contribution < -0.4 is 16.4 Å². The molecule has 2 rings (SSSR count). The fourth-order valence-electron chi connectivity index (χ4n) is 1.88. The number of carbonyl (C=O) groups excluding carboxylic acids is 1. The number of aromatic nitrogens is 3. The summed E-state index contributed by atoms with van der Waals surface area (Å²) in [6.45, 7) is 2.75. The number of nitrogens with two attached hydrogens (primary N) is 1. The van der Waals surface area contributed by atoms with E-state index in [1.54, 1.807) is 7.05 Å². The third-order valence-electron chi connectivity index (χ3n) is 3.02. The van der Waals surface area contributed by atoms with E-state index in [0.717, 1.165) is 25.1 Å². The standard InChI is InChI=1S/C12H18N6OS/c1-7-8(6-16-17-7)4-3-5-15-12-9(11(19)14-2)10(13)18-20-12/h6,15H,3-5H2,1-2H3,(H2,13,18)(H,14,19)(H,16,17). The molecule has 0 atom stereocenters. The van der Waals surface area contributed by atoms with Crippen LogP contribution in [0.1, 0.15) is 28.0 Å². The quantitative estimate of drug-likeness (QED) is 0.598. The van der Waals surface area contributed by atoms with E-state index in [2.05, 4.69) is 25.2 Å². The number of carbonyl (C=O) groups is 1. The minimum absolute atomic E-state index is 0.218. The van der Waals surface area contributed by atoms with E-state index in [0.29, 0.717) is 10.6 Å². The molecule has 7 nitrogen and oxygen atoms in total. The molecule has 0 aliphatic carbocycles. The number of amides is 1. The van der Waals surface area contributed by atoms with Crippen molar-refractivity contribution in [2.24, 2.45) is 0 Å². The molecule has 2 heterocycles. The van der Waals surface area contributed by atoms with Crippen molar-refractivity contribution in [2.45, 2.75) is 19.8 Å². The largest absolute Gasteiger partial charge is 0.382 e. The van der Waals surface area contributed by atoms with Crippen LogP contribution in [-0.2, 0) is 6.42 Å². The van der Waals surface area contributed by atoms with E-state index in [4.69, 9.17) is 5.73 Å². The lowest BCUT2D eigenvalue weighted by Gasteiger charge is -2.06. The summed E-state index contributed by atoms with van der Waals surface area (Å²) < 4.78 is 4.01. The lowest BCUT2D eigenvalue weighted by atomic mass is 10.1. The molecule has 0 bridgehead atoms. The van der Waals surface area contributed by atoms with Gasteiger partial charge in [-0.15, -0.1) is 0 Å². The SMILES string of the molecule is CNC(=O)c1c(N)nsc1NCCCc1cn[nH]c1C. The molecule has 0 saturated heterocycles. The first-order valence-electron chi connectivity index (χ1n) is 6.33. The van der Waals surface area contributed by atoms with Crippen molar-refractivity contribution >= 4 is 28.3 Å². The van der Waals surface area contributed by atoms with Crippen LogP contribution in [0.3, 0.4) is 0 Å². The molecule has 8 heteroatoms. The lowest BCUT2D eigenvalue weighted by molar-refractivity contribution is 0.0965. The van der Waals surface area contributed by atoms with Crippen LogP contribution in [0, 0.1) is 6.92 Å². The Bertz CT molecular complexity index is 591. The summed E-state index contributed by atoms with van der Waals surface area (Å²) in [7, 11) is 1.57. The first-order valence-corrected chi connectivity index (χ1v) is 7.10. The number of nitrogens with zero attached hydrogens (tertiary/aromatic N) is 2. The van der Waals surface area contributed by atoms with Gasteiger partial charge in [-0.2, -0.15) is 9.47 Å². The summed E-state index contributed by atoms with van der Waals surface area (Å²) >= 11 is 1.21. The maximum absolute atomic E-state index is 11.7. The Morgan fingerprint density at radius 3 is 3.00 bits per heavy atom. The second kappa shape index (κ2) is 6.38. The Morgan fingerprint density at radius 1 is 1.55 bits per heavy atom. The van der Waals surface area contributed by atoms with Gasteiger partial charge >= 0.3 is 0 Å². The lowest BCUT2D eigenvalue weighted by Crippen LogP contribution is -2.20. The minimum atomic E-state index is -0.218. The van der Waals surface area contributed by atoms with E-state index in [9.17, 15) is 4.79 Å². The maximum Gasteiger partial charge on any atom is 0.257 e. The molecule has 0 spiro atoms. The highest BCUT2D eigenvalue weighted by Gasteiger charge is 2.17. The van der Waals surface area contributed by atoms with Gasteiger partial charge in [0.05, 0.1) is 6.20 Å². The highest BCUT2D eigenvalue weighted by atomic mass is 32.1. The van der Waals surface area contributed by atoms with Gasteiger partial charge in [0.2, 0.25) is 0 Å². The molecule has 5 N–H and O–H groups in total. The van der Waals surface area contributed by atoms with Gasteiger partial charge in [-0.3, -0.25) is 9.89 Å². The van der Waals surface area contributed by atoms with Gasteiger partial charge in [-0.1, -0.05) is 0 Å². The zero-order chi connectivity index (χ0) is 14.5. The van der Waals surface area contributed by atoms with Gasteiger partial charge in [0.15, 0.2) is 5.82 Å². The van der Waals surface area contributed by atoms with Crippen molar-refractivity contribution in [3.63, 3.8) is 0 Å². The number of aryl methyl sites for hydroxylation is 2. The van der Waals surface area contributed by atoms with Crippen molar-refractivity contribution in [2.75, 3.05) is 24.6 Å². The summed E-state index contributed by atoms with van der Waals surface area (Å²) in [5, 5.41) is 13.4. The first-order chi connectivity index (χ1) is 9.63. The highest BCUT2D eigenvalue weighted by Crippen LogP contribution is 2.26. The van der Waals surface area contributed by atoms with Gasteiger partial charge in [0.1, 0.15) is 10.6 Å². The number of nitrogen functional groups attached to an aromatic ring is 1. The molecule has 0 aromatic carbocycles. The smallest absolute Gasteiger partial charge is 0.257 e. The van der Waals surface area contributed by atoms with Gasteiger partial charge in [0.25, 0.3) is 5.91 Å². The number of H-pyrrole nitrogens is 1. The monoisotopic (exact) mass is 294 g/mol. The Balaban J connectivity index is 1.88. The normalized spacial score (nSPS) is 10.5. The van der Waals surface area contributed by atoms with Gasteiger partial charge in [0, 0.05) is 19.3 Å². The van der Waals surface area contributed by atoms with Crippen molar-refractivity contribution in [1.82, 2.24) is 19.9 Å². The number of rotatable bonds is 6. The van der Waals surface area contributed by atoms with Crippen LogP contribution in [-0.4, -0.2) is 34.1 Å². The molecule has 2 aromatic heterocycles. The average molecular weight is 294 g/mol. The van der Waals surface area contributed by atoms with Crippen LogP contribution in [0.15, 0.2) is 6.20 Å². The second-order valence-corrected chi connectivity index (χ2v) is 5.18. The molecular formula is C12H18N6OS. The topological polar surface area (TPSA) is 109 Å². The van der Waals surface area contributed by atoms with Crippen molar-refractivity contribution in [1.29, 1.82) is 0 Å². The molecule has 0 fully saturated rings. The maximum atomic E-state index is 11.7. The third kappa shape index (κ3) is 3.08. The van der Waals surface area contributed by atoms with Crippen molar-refractivity contribution < 1.29 is 4.79 Å². The number of nitrogens with one attached hydrogen (secondary N) is 3.